The molecule has 1 aliphatic heterocycles. The van der Waals surface area contributed by atoms with Crippen molar-refractivity contribution in [1.29, 1.82) is 0 Å². The van der Waals surface area contributed by atoms with Gasteiger partial charge in [0.2, 0.25) is 0 Å². The second-order valence-corrected chi connectivity index (χ2v) is 8.41. The van der Waals surface area contributed by atoms with E-state index in [2.05, 4.69) is 25.5 Å². The van der Waals surface area contributed by atoms with Crippen molar-refractivity contribution in [3.8, 4) is 11.4 Å². The number of aromatic amines is 1. The van der Waals surface area contributed by atoms with Crippen LogP contribution in [0.25, 0.3) is 22.4 Å². The number of aromatic nitrogens is 4. The summed E-state index contributed by atoms with van der Waals surface area (Å²) in [6.45, 7) is 7.26. The van der Waals surface area contributed by atoms with Crippen molar-refractivity contribution in [1.82, 2.24) is 25.5 Å². The molecule has 3 aromatic rings. The summed E-state index contributed by atoms with van der Waals surface area (Å²) < 4.78 is 29.3. The lowest BCUT2D eigenvalue weighted by Gasteiger charge is -2.40. The van der Waals surface area contributed by atoms with Crippen molar-refractivity contribution < 1.29 is 16.7 Å². The van der Waals surface area contributed by atoms with Crippen LogP contribution in [0.2, 0.25) is 0 Å². The van der Waals surface area contributed by atoms with Gasteiger partial charge in [0.05, 0.1) is 17.8 Å². The largest absolute Gasteiger partial charge is 0.391 e. The smallest absolute Gasteiger partial charge is 0.181 e. The summed E-state index contributed by atoms with van der Waals surface area (Å²) in [5, 5.41) is 21.3. The highest BCUT2D eigenvalue weighted by Crippen LogP contribution is 2.31. The number of aliphatic hydroxyl groups is 1. The number of piperazine rings is 1. The van der Waals surface area contributed by atoms with Gasteiger partial charge in [0.1, 0.15) is 5.69 Å². The van der Waals surface area contributed by atoms with Crippen LogP contribution < -0.4 is 10.2 Å². The van der Waals surface area contributed by atoms with Crippen LogP contribution in [0.15, 0.2) is 24.4 Å². The molecule has 29 heavy (non-hydrogen) atoms. The van der Waals surface area contributed by atoms with E-state index in [1.165, 1.54) is 0 Å². The average Bonchev–Trinajstić information content (AvgIpc) is 3.11. The lowest BCUT2D eigenvalue weighted by molar-refractivity contribution is 0.0278. The maximum absolute atomic E-state index is 14.7. The summed E-state index contributed by atoms with van der Waals surface area (Å²) in [5.41, 5.74) is 0.448. The summed E-state index contributed by atoms with van der Waals surface area (Å²) in [6, 6.07) is 4.07. The maximum Gasteiger partial charge on any atom is 0.181 e. The second-order valence-electron chi connectivity index (χ2n) is 8.41. The molecule has 2 atom stereocenters. The fourth-order valence-corrected chi connectivity index (χ4v) is 3.67. The molecule has 0 saturated carbocycles. The molecule has 0 aliphatic carbocycles. The van der Waals surface area contributed by atoms with Crippen LogP contribution in [0.4, 0.5) is 14.6 Å². The molecule has 1 fully saturated rings. The van der Waals surface area contributed by atoms with E-state index in [0.29, 0.717) is 36.4 Å². The fraction of sp³-hybridized carbons (Fsp3) is 0.450. The van der Waals surface area contributed by atoms with E-state index in [-0.39, 0.29) is 25.8 Å². The van der Waals surface area contributed by atoms with Crippen LogP contribution in [-0.2, 0) is 0 Å². The van der Waals surface area contributed by atoms with Gasteiger partial charge < -0.3 is 15.3 Å². The molecule has 0 radical (unpaired) electrons. The molecule has 4 rings (SSSR count). The highest BCUT2D eigenvalue weighted by Gasteiger charge is 2.34. The number of H-pyrrole nitrogens is 1. The van der Waals surface area contributed by atoms with Crippen molar-refractivity contribution in [2.75, 3.05) is 24.5 Å². The van der Waals surface area contributed by atoms with Gasteiger partial charge in [-0.3, -0.25) is 5.10 Å². The van der Waals surface area contributed by atoms with Crippen LogP contribution >= 0.6 is 0 Å². The molecule has 4 heterocycles. The number of aliphatic hydroxyl groups excluding tert-OH is 1. The number of fused-ring (bicyclic) bond motifs is 1. The van der Waals surface area contributed by atoms with Crippen LogP contribution in [0.3, 0.4) is 0 Å². The summed E-state index contributed by atoms with van der Waals surface area (Å²) in [7, 11) is 0. The molecule has 0 spiro atoms. The maximum atomic E-state index is 14.7. The van der Waals surface area contributed by atoms with Gasteiger partial charge in [-0.1, -0.05) is 20.8 Å². The Morgan fingerprint density at radius 2 is 2.10 bits per heavy atom. The van der Waals surface area contributed by atoms with Gasteiger partial charge >= 0.3 is 0 Å². The third kappa shape index (κ3) is 3.67. The summed E-state index contributed by atoms with van der Waals surface area (Å²) in [6.07, 6.45) is 0.963. The Labute approximate surface area is 170 Å². The lowest BCUT2D eigenvalue weighted by atomic mass is 9.84. The molecule has 0 amide bonds. The highest BCUT2D eigenvalue weighted by molar-refractivity contribution is 5.89. The van der Waals surface area contributed by atoms with Gasteiger partial charge in [-0.05, 0) is 17.5 Å². The van der Waals surface area contributed by atoms with E-state index in [0.717, 1.165) is 6.07 Å². The van der Waals surface area contributed by atoms with Crippen molar-refractivity contribution in [3.05, 3.63) is 36.0 Å². The molecule has 0 aromatic carbocycles. The van der Waals surface area contributed by atoms with Gasteiger partial charge in [-0.25, -0.2) is 18.7 Å². The number of nitrogens with zero attached hydrogens (tertiary/aromatic N) is 4. The Hall–Kier alpha value is -2.65. The van der Waals surface area contributed by atoms with E-state index in [1.807, 2.05) is 20.8 Å². The molecule has 1 saturated heterocycles. The van der Waals surface area contributed by atoms with Gasteiger partial charge in [0.15, 0.2) is 23.1 Å². The summed E-state index contributed by atoms with van der Waals surface area (Å²) >= 11 is 0. The molecule has 1 aliphatic rings. The van der Waals surface area contributed by atoms with Crippen molar-refractivity contribution in [2.45, 2.75) is 32.9 Å². The van der Waals surface area contributed by atoms with Gasteiger partial charge in [-0.2, -0.15) is 5.10 Å². The average molecular weight is 406 g/mol. The minimum Gasteiger partial charge on any atom is -0.391 e. The summed E-state index contributed by atoms with van der Waals surface area (Å²) in [5.74, 6) is -1.46. The number of hydrogen-bond donors (Lipinski definition) is 3. The van der Waals surface area contributed by atoms with Crippen LogP contribution in [0.5, 0.6) is 0 Å². The third-order valence-corrected chi connectivity index (χ3v) is 5.25. The topological polar surface area (TPSA) is 90.0 Å². The predicted octanol–water partition coefficient (Wildman–Crippen LogP) is 2.98. The quantitative estimate of drug-likeness (QED) is 0.620. The zero-order valence-electron chi connectivity index (χ0n) is 16.6. The first kappa shape index (κ1) is 19.7. The molecule has 2 unspecified atom stereocenters. The number of halogens is 2. The van der Waals surface area contributed by atoms with Crippen molar-refractivity contribution >= 4 is 16.9 Å². The zero-order chi connectivity index (χ0) is 20.8. The number of hydrogen-bond acceptors (Lipinski definition) is 6. The van der Waals surface area contributed by atoms with Crippen LogP contribution in [0.1, 0.15) is 23.6 Å². The molecule has 0 bridgehead atoms. The fourth-order valence-electron chi connectivity index (χ4n) is 3.67. The normalized spacial score (nSPS) is 19.0. The molecule has 3 N–H and O–H groups in total. The predicted molar refractivity (Wildman–Crippen MR) is 111 cm³/mol. The molecule has 3 aromatic heterocycles. The number of rotatable bonds is 3. The van der Waals surface area contributed by atoms with Crippen LogP contribution in [0, 0.1) is 17.0 Å². The minimum atomic E-state index is -0.776. The van der Waals surface area contributed by atoms with Crippen LogP contribution in [-0.4, -0.2) is 57.1 Å². The monoisotopic (exact) mass is 406 g/mol. The Balaban J connectivity index is 0.00000171. The first-order chi connectivity index (χ1) is 13.8. The first-order valence-corrected chi connectivity index (χ1v) is 9.57. The summed E-state index contributed by atoms with van der Waals surface area (Å²) in [4.78, 5) is 10.2. The third-order valence-electron chi connectivity index (χ3n) is 5.25. The SMILES string of the molecule is CC(C)(C)C(O)C1CN(c2nc(-c3[nH]nc4ncccc34)c(F)cc2F)CCN1.[HH].[HH]. The molecular formula is C20H28F2N6O. The van der Waals surface area contributed by atoms with Gasteiger partial charge in [0.25, 0.3) is 0 Å². The molecular weight excluding hydrogens is 378 g/mol. The van der Waals surface area contributed by atoms with Crippen molar-refractivity contribution in [2.24, 2.45) is 5.41 Å². The van der Waals surface area contributed by atoms with E-state index >= 15 is 0 Å². The van der Waals surface area contributed by atoms with Gasteiger partial charge in [-0.15, -0.1) is 0 Å². The van der Waals surface area contributed by atoms with E-state index < -0.39 is 17.7 Å². The lowest BCUT2D eigenvalue weighted by Crippen LogP contribution is -2.58. The standard InChI is InChI=1S/C20H24F2N6O.2H2/c1-20(2,3)17(29)14-10-28(8-7-23-14)19-13(22)9-12(21)16(25-19)15-11-5-4-6-24-18(11)27-26-15;;/h4-6,9,14,17,23,29H,7-8,10H2,1-3H3,(H,24,26,27);2*1H. The molecule has 158 valence electrons. The number of pyridine rings is 2. The minimum absolute atomic E-state index is 0. The van der Waals surface area contributed by atoms with E-state index in [9.17, 15) is 13.9 Å². The Morgan fingerprint density at radius 3 is 2.86 bits per heavy atom. The Bertz CT molecular complexity index is 1040. The Morgan fingerprint density at radius 1 is 1.31 bits per heavy atom. The molecule has 7 nitrogen and oxygen atoms in total. The Kier molecular flexibility index (Phi) is 4.95. The van der Waals surface area contributed by atoms with Gasteiger partial charge in [0, 0.05) is 40.1 Å². The highest BCUT2D eigenvalue weighted by atomic mass is 19.1. The van der Waals surface area contributed by atoms with Crippen molar-refractivity contribution in [3.63, 3.8) is 0 Å². The number of anilines is 1. The van der Waals surface area contributed by atoms with E-state index in [1.54, 1.807) is 23.2 Å². The number of nitrogens with one attached hydrogen (secondary N) is 2. The zero-order valence-corrected chi connectivity index (χ0v) is 16.6. The second kappa shape index (κ2) is 7.31. The molecule has 9 heteroatoms. The van der Waals surface area contributed by atoms with E-state index in [4.69, 9.17) is 0 Å². The first-order valence-electron chi connectivity index (χ1n) is 9.57.